The first-order chi connectivity index (χ1) is 8.81. The normalized spacial score (nSPS) is 20.0. The van der Waals surface area contributed by atoms with Gasteiger partial charge >= 0.3 is 12.1 Å². The van der Waals surface area contributed by atoms with Gasteiger partial charge in [-0.05, 0) is 27.2 Å². The van der Waals surface area contributed by atoms with E-state index in [9.17, 15) is 9.59 Å². The summed E-state index contributed by atoms with van der Waals surface area (Å²) in [4.78, 5) is 24.6. The molecule has 0 radical (unpaired) electrons. The van der Waals surface area contributed by atoms with Crippen LogP contribution in [0.1, 0.15) is 33.6 Å². The Bertz CT molecular complexity index is 323. The fraction of sp³-hybridized carbons (Fsp3) is 0.846. The van der Waals surface area contributed by atoms with E-state index in [-0.39, 0.29) is 18.2 Å². The molecular formula is C13H23NO5. The number of hydrogen-bond donors (Lipinski definition) is 0. The van der Waals surface area contributed by atoms with E-state index in [0.717, 1.165) is 0 Å². The number of amides is 1. The lowest BCUT2D eigenvalue weighted by atomic mass is 10.1. The van der Waals surface area contributed by atoms with Gasteiger partial charge in [0.05, 0.1) is 26.4 Å². The molecule has 0 aromatic rings. The second-order valence-corrected chi connectivity index (χ2v) is 5.53. The topological polar surface area (TPSA) is 65.1 Å². The number of rotatable bonds is 3. The molecule has 1 saturated heterocycles. The van der Waals surface area contributed by atoms with Crippen molar-refractivity contribution in [2.45, 2.75) is 45.3 Å². The zero-order valence-corrected chi connectivity index (χ0v) is 12.1. The van der Waals surface area contributed by atoms with Crippen molar-refractivity contribution in [3.05, 3.63) is 0 Å². The highest BCUT2D eigenvalue weighted by Crippen LogP contribution is 2.15. The summed E-state index contributed by atoms with van der Waals surface area (Å²) < 4.78 is 15.4. The van der Waals surface area contributed by atoms with Gasteiger partial charge < -0.3 is 19.1 Å². The Kier molecular flexibility index (Phi) is 5.60. The van der Waals surface area contributed by atoms with Crippen molar-refractivity contribution >= 4 is 12.1 Å². The Labute approximate surface area is 114 Å². The molecule has 6 heteroatoms. The number of esters is 1. The molecule has 110 valence electrons. The van der Waals surface area contributed by atoms with Crippen LogP contribution in [0.25, 0.3) is 0 Å². The molecule has 19 heavy (non-hydrogen) atoms. The third-order valence-corrected chi connectivity index (χ3v) is 2.69. The number of carbonyl (C=O) groups is 2. The molecule has 1 fully saturated rings. The van der Waals surface area contributed by atoms with Gasteiger partial charge in [0.25, 0.3) is 0 Å². The standard InChI is InChI=1S/C13H23NO5/c1-13(2,3)19-12(16)14-7-8-18-10(9-14)5-6-11(15)17-4/h10H,5-9H2,1-4H3. The number of nitrogens with zero attached hydrogens (tertiary/aromatic N) is 1. The van der Waals surface area contributed by atoms with Gasteiger partial charge in [-0.1, -0.05) is 0 Å². The molecule has 1 aliphatic heterocycles. The first kappa shape index (κ1) is 15.8. The number of ether oxygens (including phenoxy) is 3. The number of methoxy groups -OCH3 is 1. The van der Waals surface area contributed by atoms with Crippen LogP contribution in [0.3, 0.4) is 0 Å². The molecule has 0 bridgehead atoms. The summed E-state index contributed by atoms with van der Waals surface area (Å²) in [6, 6.07) is 0. The lowest BCUT2D eigenvalue weighted by Crippen LogP contribution is -2.47. The van der Waals surface area contributed by atoms with E-state index < -0.39 is 5.60 Å². The zero-order chi connectivity index (χ0) is 14.5. The van der Waals surface area contributed by atoms with E-state index in [1.165, 1.54) is 7.11 Å². The Hall–Kier alpha value is -1.30. The SMILES string of the molecule is COC(=O)CCC1CN(C(=O)OC(C)(C)C)CCO1. The van der Waals surface area contributed by atoms with Gasteiger partial charge in [0, 0.05) is 13.0 Å². The Morgan fingerprint density at radius 1 is 1.37 bits per heavy atom. The molecule has 1 rings (SSSR count). The van der Waals surface area contributed by atoms with Crippen LogP contribution in [-0.2, 0) is 19.0 Å². The first-order valence-corrected chi connectivity index (χ1v) is 6.48. The highest BCUT2D eigenvalue weighted by Gasteiger charge is 2.28. The van der Waals surface area contributed by atoms with Crippen molar-refractivity contribution in [2.24, 2.45) is 0 Å². The average molecular weight is 273 g/mol. The van der Waals surface area contributed by atoms with E-state index in [2.05, 4.69) is 4.74 Å². The molecule has 0 spiro atoms. The van der Waals surface area contributed by atoms with E-state index in [4.69, 9.17) is 9.47 Å². The van der Waals surface area contributed by atoms with E-state index in [0.29, 0.717) is 32.5 Å². The molecule has 0 aliphatic carbocycles. The van der Waals surface area contributed by atoms with Gasteiger partial charge in [0.15, 0.2) is 0 Å². The third-order valence-electron chi connectivity index (χ3n) is 2.69. The maximum absolute atomic E-state index is 11.9. The van der Waals surface area contributed by atoms with Crippen molar-refractivity contribution in [2.75, 3.05) is 26.8 Å². The van der Waals surface area contributed by atoms with Crippen molar-refractivity contribution in [3.63, 3.8) is 0 Å². The molecule has 0 aromatic heterocycles. The lowest BCUT2D eigenvalue weighted by molar-refractivity contribution is -0.141. The molecular weight excluding hydrogens is 250 g/mol. The van der Waals surface area contributed by atoms with E-state index >= 15 is 0 Å². The van der Waals surface area contributed by atoms with Gasteiger partial charge in [-0.25, -0.2) is 4.79 Å². The van der Waals surface area contributed by atoms with Gasteiger partial charge in [-0.15, -0.1) is 0 Å². The summed E-state index contributed by atoms with van der Waals surface area (Å²) in [6.45, 7) is 6.93. The Morgan fingerprint density at radius 3 is 2.63 bits per heavy atom. The predicted molar refractivity (Wildman–Crippen MR) is 68.8 cm³/mol. The Balaban J connectivity index is 2.41. The van der Waals surface area contributed by atoms with Crippen LogP contribution in [0.5, 0.6) is 0 Å². The van der Waals surface area contributed by atoms with Crippen molar-refractivity contribution in [1.82, 2.24) is 4.90 Å². The maximum atomic E-state index is 11.9. The first-order valence-electron chi connectivity index (χ1n) is 6.48. The summed E-state index contributed by atoms with van der Waals surface area (Å²) in [7, 11) is 1.36. The van der Waals surface area contributed by atoms with Crippen LogP contribution in [-0.4, -0.2) is 55.5 Å². The van der Waals surface area contributed by atoms with Crippen molar-refractivity contribution < 1.29 is 23.8 Å². The molecule has 0 aromatic carbocycles. The molecule has 0 saturated carbocycles. The van der Waals surface area contributed by atoms with E-state index in [1.54, 1.807) is 4.90 Å². The predicted octanol–water partition coefficient (Wildman–Crippen LogP) is 1.58. The summed E-state index contributed by atoms with van der Waals surface area (Å²) in [5.74, 6) is -0.266. The maximum Gasteiger partial charge on any atom is 0.410 e. The van der Waals surface area contributed by atoms with Gasteiger partial charge in [-0.2, -0.15) is 0 Å². The molecule has 1 heterocycles. The minimum atomic E-state index is -0.503. The molecule has 1 amide bonds. The van der Waals surface area contributed by atoms with Crippen molar-refractivity contribution in [3.8, 4) is 0 Å². The van der Waals surface area contributed by atoms with Crippen LogP contribution in [0.15, 0.2) is 0 Å². The fourth-order valence-electron chi connectivity index (χ4n) is 1.77. The summed E-state index contributed by atoms with van der Waals surface area (Å²) in [5.41, 5.74) is -0.503. The molecule has 1 atom stereocenters. The Morgan fingerprint density at radius 2 is 2.05 bits per heavy atom. The highest BCUT2D eigenvalue weighted by atomic mass is 16.6. The van der Waals surface area contributed by atoms with Crippen LogP contribution >= 0.6 is 0 Å². The average Bonchev–Trinajstić information content (AvgIpc) is 2.34. The van der Waals surface area contributed by atoms with Gasteiger partial charge in [0.2, 0.25) is 0 Å². The van der Waals surface area contributed by atoms with Crippen LogP contribution in [0, 0.1) is 0 Å². The number of hydrogen-bond acceptors (Lipinski definition) is 5. The zero-order valence-electron chi connectivity index (χ0n) is 12.1. The second kappa shape index (κ2) is 6.75. The van der Waals surface area contributed by atoms with Crippen molar-refractivity contribution in [1.29, 1.82) is 0 Å². The monoisotopic (exact) mass is 273 g/mol. The minimum absolute atomic E-state index is 0.139. The molecule has 1 aliphatic rings. The fourth-order valence-corrected chi connectivity index (χ4v) is 1.77. The smallest absolute Gasteiger partial charge is 0.410 e. The highest BCUT2D eigenvalue weighted by molar-refractivity contribution is 5.69. The molecule has 0 N–H and O–H groups in total. The summed E-state index contributed by atoms with van der Waals surface area (Å²) >= 11 is 0. The number of carbonyl (C=O) groups excluding carboxylic acids is 2. The molecule has 6 nitrogen and oxygen atoms in total. The summed E-state index contributed by atoms with van der Waals surface area (Å²) in [6.07, 6.45) is 0.370. The summed E-state index contributed by atoms with van der Waals surface area (Å²) in [5, 5.41) is 0. The van der Waals surface area contributed by atoms with Gasteiger partial charge in [0.1, 0.15) is 5.60 Å². The number of morpholine rings is 1. The van der Waals surface area contributed by atoms with Crippen LogP contribution < -0.4 is 0 Å². The van der Waals surface area contributed by atoms with Gasteiger partial charge in [-0.3, -0.25) is 4.79 Å². The van der Waals surface area contributed by atoms with Crippen LogP contribution in [0.2, 0.25) is 0 Å². The second-order valence-electron chi connectivity index (χ2n) is 5.53. The third kappa shape index (κ3) is 5.92. The molecule has 1 unspecified atom stereocenters. The largest absolute Gasteiger partial charge is 0.469 e. The minimum Gasteiger partial charge on any atom is -0.469 e. The lowest BCUT2D eigenvalue weighted by Gasteiger charge is -2.34. The van der Waals surface area contributed by atoms with E-state index in [1.807, 2.05) is 20.8 Å². The quantitative estimate of drug-likeness (QED) is 0.730. The van der Waals surface area contributed by atoms with Crippen LogP contribution in [0.4, 0.5) is 4.79 Å².